The molecule has 0 spiro atoms. The molecule has 4 rings (SSSR count). The smallest absolute Gasteiger partial charge is 0.408 e. The molecule has 2 amide bonds. The van der Waals surface area contributed by atoms with Gasteiger partial charge in [-0.1, -0.05) is 30.3 Å². The van der Waals surface area contributed by atoms with Gasteiger partial charge in [-0.25, -0.2) is 18.0 Å². The van der Waals surface area contributed by atoms with Crippen molar-refractivity contribution in [3.63, 3.8) is 0 Å². The third-order valence-electron chi connectivity index (χ3n) is 6.73. The van der Waals surface area contributed by atoms with Crippen molar-refractivity contribution in [3.8, 4) is 0 Å². The summed E-state index contributed by atoms with van der Waals surface area (Å²) in [6.45, 7) is 2.91. The van der Waals surface area contributed by atoms with Gasteiger partial charge in [0, 0.05) is 56.3 Å². The summed E-state index contributed by atoms with van der Waals surface area (Å²) in [5.41, 5.74) is 6.38. The maximum atomic E-state index is 14.0. The lowest BCUT2D eigenvalue weighted by Crippen LogP contribution is -2.63. The number of nitrogens with zero attached hydrogens (tertiary/aromatic N) is 2. The molecule has 188 valence electrons. The number of nitrogens with one attached hydrogen (secondary N) is 1. The minimum absolute atomic E-state index is 0.0230. The van der Waals surface area contributed by atoms with Gasteiger partial charge in [0.15, 0.2) is 6.10 Å². The first-order valence-corrected chi connectivity index (χ1v) is 11.6. The molecule has 3 N–H and O–H groups in total. The van der Waals surface area contributed by atoms with Crippen LogP contribution in [0.25, 0.3) is 0 Å². The molecule has 2 aliphatic rings. The number of halogens is 3. The fraction of sp³-hybridized carbons (Fsp3) is 0.440. The van der Waals surface area contributed by atoms with E-state index in [2.05, 4.69) is 5.32 Å². The number of nitrogens with two attached hydrogens (primary N) is 1. The van der Waals surface area contributed by atoms with Crippen LogP contribution in [0.3, 0.4) is 0 Å². The predicted octanol–water partition coefficient (Wildman–Crippen LogP) is 3.27. The Balaban J connectivity index is 1.32. The van der Waals surface area contributed by atoms with E-state index in [1.807, 2.05) is 42.2 Å². The van der Waals surface area contributed by atoms with Gasteiger partial charge in [-0.3, -0.25) is 9.69 Å². The van der Waals surface area contributed by atoms with Gasteiger partial charge in [-0.05, 0) is 25.3 Å². The lowest BCUT2D eigenvalue weighted by molar-refractivity contribution is -0.143. The van der Waals surface area contributed by atoms with Crippen LogP contribution >= 0.6 is 0 Å². The number of piperidine rings is 1. The van der Waals surface area contributed by atoms with E-state index in [-0.39, 0.29) is 30.6 Å². The summed E-state index contributed by atoms with van der Waals surface area (Å²) in [6.07, 6.45) is -0.528. The van der Waals surface area contributed by atoms with Gasteiger partial charge < -0.3 is 20.7 Å². The fourth-order valence-corrected chi connectivity index (χ4v) is 4.87. The number of alkyl carbamates (subject to hydrolysis) is 1. The monoisotopic (exact) mass is 490 g/mol. The van der Waals surface area contributed by atoms with E-state index in [9.17, 15) is 22.8 Å². The van der Waals surface area contributed by atoms with E-state index >= 15 is 0 Å². The molecule has 2 fully saturated rings. The van der Waals surface area contributed by atoms with Crippen molar-refractivity contribution < 1.29 is 27.5 Å². The topological polar surface area (TPSA) is 87.9 Å². The molecule has 2 unspecified atom stereocenters. The van der Waals surface area contributed by atoms with E-state index in [1.165, 1.54) is 0 Å². The number of likely N-dealkylation sites (tertiary alicyclic amines) is 2. The molecule has 2 heterocycles. The molecule has 0 aromatic heterocycles. The van der Waals surface area contributed by atoms with Crippen molar-refractivity contribution in [2.45, 2.75) is 57.1 Å². The van der Waals surface area contributed by atoms with Crippen molar-refractivity contribution in [2.75, 3.05) is 13.1 Å². The minimum atomic E-state index is -0.967. The highest BCUT2D eigenvalue weighted by molar-refractivity contribution is 5.86. The van der Waals surface area contributed by atoms with Crippen LogP contribution in [0.5, 0.6) is 0 Å². The first kappa shape index (κ1) is 25.0. The Morgan fingerprint density at radius 1 is 1.14 bits per heavy atom. The number of amides is 2. The Kier molecular flexibility index (Phi) is 7.32. The summed E-state index contributed by atoms with van der Waals surface area (Å²) in [5, 5.41) is 2.65. The summed E-state index contributed by atoms with van der Waals surface area (Å²) >= 11 is 0. The normalized spacial score (nSPS) is 22.3. The van der Waals surface area contributed by atoms with Crippen LogP contribution in [0.4, 0.5) is 18.0 Å². The average Bonchev–Trinajstić information content (AvgIpc) is 3.10. The minimum Gasteiger partial charge on any atom is -0.436 e. The van der Waals surface area contributed by atoms with Gasteiger partial charge in [-0.15, -0.1) is 0 Å². The molecule has 0 aliphatic carbocycles. The Morgan fingerprint density at radius 2 is 1.77 bits per heavy atom. The third-order valence-corrected chi connectivity index (χ3v) is 6.73. The summed E-state index contributed by atoms with van der Waals surface area (Å²) < 4.78 is 46.6. The molecule has 10 heteroatoms. The van der Waals surface area contributed by atoms with Gasteiger partial charge in [0.1, 0.15) is 17.5 Å². The van der Waals surface area contributed by atoms with Crippen LogP contribution in [-0.4, -0.2) is 52.7 Å². The number of rotatable bonds is 6. The molecular formula is C25H29F3N4O3. The summed E-state index contributed by atoms with van der Waals surface area (Å²) in [5.74, 6) is -3.17. The van der Waals surface area contributed by atoms with Gasteiger partial charge in [0.2, 0.25) is 0 Å². The standard InChI is InChI=1S/C25H29F3N4O3/c1-16-11-22(35-24(34)30-14-17-5-3-2-4-6-17)23(33)32(16)25(29)7-9-31(10-8-25)15-19-20(27)12-18(26)13-21(19)28/h2-6,12-13,16,22H,7-11,14-15,29H2,1H3,(H,30,34). The zero-order valence-electron chi connectivity index (χ0n) is 19.5. The number of carbonyl (C=O) groups is 2. The van der Waals surface area contributed by atoms with Gasteiger partial charge in [-0.2, -0.15) is 0 Å². The zero-order chi connectivity index (χ0) is 25.2. The van der Waals surface area contributed by atoms with Gasteiger partial charge in [0.25, 0.3) is 5.91 Å². The molecule has 2 aliphatic heterocycles. The highest BCUT2D eigenvalue weighted by Gasteiger charge is 2.49. The van der Waals surface area contributed by atoms with Gasteiger partial charge >= 0.3 is 6.09 Å². The molecule has 0 radical (unpaired) electrons. The van der Waals surface area contributed by atoms with Crippen molar-refractivity contribution in [2.24, 2.45) is 5.73 Å². The number of hydrogen-bond acceptors (Lipinski definition) is 5. The Labute approximate surface area is 202 Å². The molecule has 2 saturated heterocycles. The first-order valence-electron chi connectivity index (χ1n) is 11.6. The van der Waals surface area contributed by atoms with Gasteiger partial charge in [0.05, 0.1) is 5.66 Å². The predicted molar refractivity (Wildman–Crippen MR) is 122 cm³/mol. The van der Waals surface area contributed by atoms with E-state index in [1.54, 1.807) is 4.90 Å². The molecule has 35 heavy (non-hydrogen) atoms. The van der Waals surface area contributed by atoms with E-state index in [0.717, 1.165) is 5.56 Å². The van der Waals surface area contributed by atoms with E-state index in [0.29, 0.717) is 44.5 Å². The highest BCUT2D eigenvalue weighted by atomic mass is 19.1. The van der Waals surface area contributed by atoms with Crippen LogP contribution in [0.1, 0.15) is 37.3 Å². The zero-order valence-corrected chi connectivity index (χ0v) is 19.5. The SMILES string of the molecule is CC1CC(OC(=O)NCc2ccccc2)C(=O)N1C1(N)CCN(Cc2c(F)cc(F)cc2F)CC1. The van der Waals surface area contributed by atoms with Crippen LogP contribution in [0.15, 0.2) is 42.5 Å². The molecule has 0 saturated carbocycles. The maximum absolute atomic E-state index is 14.0. The third kappa shape index (κ3) is 5.59. The van der Waals surface area contributed by atoms with E-state index < -0.39 is 35.3 Å². The molecule has 2 atom stereocenters. The Hall–Kier alpha value is -3.11. The van der Waals surface area contributed by atoms with Crippen molar-refractivity contribution in [1.82, 2.24) is 15.1 Å². The van der Waals surface area contributed by atoms with E-state index in [4.69, 9.17) is 10.5 Å². The molecule has 2 aromatic carbocycles. The summed E-state index contributed by atoms with van der Waals surface area (Å²) in [4.78, 5) is 28.8. The molecule has 0 bridgehead atoms. The number of benzene rings is 2. The van der Waals surface area contributed by atoms with Crippen molar-refractivity contribution in [3.05, 3.63) is 71.0 Å². The lowest BCUT2D eigenvalue weighted by Gasteiger charge is -2.46. The second-order valence-corrected chi connectivity index (χ2v) is 9.25. The molecule has 7 nitrogen and oxygen atoms in total. The maximum Gasteiger partial charge on any atom is 0.408 e. The second kappa shape index (κ2) is 10.2. The van der Waals surface area contributed by atoms with Crippen molar-refractivity contribution >= 4 is 12.0 Å². The Bertz CT molecular complexity index is 1050. The fourth-order valence-electron chi connectivity index (χ4n) is 4.87. The highest BCUT2D eigenvalue weighted by Crippen LogP contribution is 2.34. The Morgan fingerprint density at radius 3 is 2.40 bits per heavy atom. The number of carbonyl (C=O) groups excluding carboxylic acids is 2. The summed E-state index contributed by atoms with van der Waals surface area (Å²) in [7, 11) is 0. The quantitative estimate of drug-likeness (QED) is 0.649. The largest absolute Gasteiger partial charge is 0.436 e. The lowest BCUT2D eigenvalue weighted by atomic mass is 9.94. The number of hydrogen-bond donors (Lipinski definition) is 2. The van der Waals surface area contributed by atoms with Crippen LogP contribution in [-0.2, 0) is 22.6 Å². The molecular weight excluding hydrogens is 461 g/mol. The van der Waals surface area contributed by atoms with Crippen LogP contribution in [0.2, 0.25) is 0 Å². The molecule has 2 aromatic rings. The first-order chi connectivity index (χ1) is 16.7. The van der Waals surface area contributed by atoms with Crippen LogP contribution in [0, 0.1) is 17.5 Å². The average molecular weight is 491 g/mol. The van der Waals surface area contributed by atoms with Crippen molar-refractivity contribution in [1.29, 1.82) is 0 Å². The van der Waals surface area contributed by atoms with Crippen LogP contribution < -0.4 is 11.1 Å². The number of ether oxygens (including phenoxy) is 1. The second-order valence-electron chi connectivity index (χ2n) is 9.25. The summed E-state index contributed by atoms with van der Waals surface area (Å²) in [6, 6.07) is 10.4.